The Morgan fingerprint density at radius 3 is 2.30 bits per heavy atom. The Labute approximate surface area is 120 Å². The molecule has 3 rings (SSSR count). The van der Waals surface area contributed by atoms with Crippen molar-refractivity contribution < 1.29 is 4.79 Å². The van der Waals surface area contributed by atoms with E-state index < -0.39 is 0 Å². The van der Waals surface area contributed by atoms with E-state index in [9.17, 15) is 4.79 Å². The lowest BCUT2D eigenvalue weighted by Crippen LogP contribution is -2.47. The molecule has 1 aliphatic heterocycles. The van der Waals surface area contributed by atoms with Crippen molar-refractivity contribution in [1.82, 2.24) is 9.80 Å². The van der Waals surface area contributed by atoms with Crippen LogP contribution in [-0.2, 0) is 10.2 Å². The highest BCUT2D eigenvalue weighted by atomic mass is 16.1. The average Bonchev–Trinajstić information content (AvgIpc) is 3.24. The molecule has 0 bridgehead atoms. The third kappa shape index (κ3) is 2.58. The van der Waals surface area contributed by atoms with Crippen LogP contribution in [0.15, 0.2) is 24.3 Å². The predicted octanol–water partition coefficient (Wildman–Crippen LogP) is 1.12. The van der Waals surface area contributed by atoms with Crippen molar-refractivity contribution in [3.05, 3.63) is 29.8 Å². The van der Waals surface area contributed by atoms with E-state index in [1.165, 1.54) is 0 Å². The van der Waals surface area contributed by atoms with Crippen molar-refractivity contribution in [2.75, 3.05) is 45.5 Å². The summed E-state index contributed by atoms with van der Waals surface area (Å²) in [6, 6.07) is 7.84. The van der Waals surface area contributed by atoms with E-state index >= 15 is 0 Å². The van der Waals surface area contributed by atoms with Crippen LogP contribution in [0, 0.1) is 0 Å². The number of piperazine rings is 1. The standard InChI is InChI=1S/C16H23N3O/c1-18-8-10-19(11-9-18)12-15(20)16(6-7-16)13-2-4-14(17)5-3-13/h2-5H,6-12,17H2,1H3. The van der Waals surface area contributed by atoms with Gasteiger partial charge < -0.3 is 10.6 Å². The summed E-state index contributed by atoms with van der Waals surface area (Å²) < 4.78 is 0. The molecular formula is C16H23N3O. The van der Waals surface area contributed by atoms with Gasteiger partial charge in [0.05, 0.1) is 12.0 Å². The number of Topliss-reactive ketones (excluding diaryl/α,β-unsaturated/α-hetero) is 1. The van der Waals surface area contributed by atoms with Gasteiger partial charge in [-0.25, -0.2) is 0 Å². The Hall–Kier alpha value is -1.39. The molecule has 0 atom stereocenters. The zero-order valence-corrected chi connectivity index (χ0v) is 12.1. The summed E-state index contributed by atoms with van der Waals surface area (Å²) in [5.74, 6) is 0.381. The molecule has 2 N–H and O–H groups in total. The van der Waals surface area contributed by atoms with Crippen LogP contribution in [0.3, 0.4) is 0 Å². The third-order valence-corrected chi connectivity index (χ3v) is 4.71. The maximum Gasteiger partial charge on any atom is 0.157 e. The molecule has 108 valence electrons. The largest absolute Gasteiger partial charge is 0.399 e. The second-order valence-electron chi connectivity index (χ2n) is 6.21. The van der Waals surface area contributed by atoms with Crippen molar-refractivity contribution >= 4 is 11.5 Å². The maximum atomic E-state index is 12.7. The van der Waals surface area contributed by atoms with Crippen LogP contribution in [-0.4, -0.2) is 55.4 Å². The Morgan fingerprint density at radius 2 is 1.75 bits per heavy atom. The lowest BCUT2D eigenvalue weighted by Gasteiger charge is -2.32. The number of ketones is 1. The van der Waals surface area contributed by atoms with Crippen LogP contribution in [0.1, 0.15) is 18.4 Å². The van der Waals surface area contributed by atoms with Gasteiger partial charge in [-0.3, -0.25) is 9.69 Å². The van der Waals surface area contributed by atoms with E-state index in [0.29, 0.717) is 12.3 Å². The third-order valence-electron chi connectivity index (χ3n) is 4.71. The molecule has 1 heterocycles. The van der Waals surface area contributed by atoms with Crippen LogP contribution >= 0.6 is 0 Å². The number of hydrogen-bond acceptors (Lipinski definition) is 4. The number of benzene rings is 1. The van der Waals surface area contributed by atoms with Gasteiger partial charge in [-0.05, 0) is 37.6 Å². The number of carbonyl (C=O) groups excluding carboxylic acids is 1. The minimum absolute atomic E-state index is 0.211. The van der Waals surface area contributed by atoms with Crippen LogP contribution < -0.4 is 5.73 Å². The molecule has 20 heavy (non-hydrogen) atoms. The molecule has 0 unspecified atom stereocenters. The fourth-order valence-corrected chi connectivity index (χ4v) is 3.02. The molecule has 1 aliphatic carbocycles. The number of hydrogen-bond donors (Lipinski definition) is 1. The Balaban J connectivity index is 1.66. The Bertz CT molecular complexity index is 485. The molecule has 1 aromatic carbocycles. The van der Waals surface area contributed by atoms with E-state index in [2.05, 4.69) is 16.8 Å². The van der Waals surface area contributed by atoms with Crippen LogP contribution in [0.25, 0.3) is 0 Å². The van der Waals surface area contributed by atoms with Crippen LogP contribution in [0.4, 0.5) is 5.69 Å². The highest BCUT2D eigenvalue weighted by molar-refractivity contribution is 5.94. The lowest BCUT2D eigenvalue weighted by atomic mass is 9.90. The minimum atomic E-state index is -0.211. The first-order chi connectivity index (χ1) is 9.60. The number of anilines is 1. The summed E-state index contributed by atoms with van der Waals surface area (Å²) in [4.78, 5) is 17.3. The van der Waals surface area contributed by atoms with Gasteiger partial charge in [-0.15, -0.1) is 0 Å². The smallest absolute Gasteiger partial charge is 0.157 e. The number of nitrogens with zero attached hydrogens (tertiary/aromatic N) is 2. The predicted molar refractivity (Wildman–Crippen MR) is 80.7 cm³/mol. The van der Waals surface area contributed by atoms with Gasteiger partial charge >= 0.3 is 0 Å². The molecule has 0 radical (unpaired) electrons. The van der Waals surface area contributed by atoms with Gasteiger partial charge in [0.15, 0.2) is 5.78 Å². The summed E-state index contributed by atoms with van der Waals surface area (Å²) >= 11 is 0. The summed E-state index contributed by atoms with van der Waals surface area (Å²) in [6.07, 6.45) is 1.98. The molecule has 2 aliphatic rings. The Morgan fingerprint density at radius 1 is 1.15 bits per heavy atom. The number of nitrogens with two attached hydrogens (primary N) is 1. The first-order valence-corrected chi connectivity index (χ1v) is 7.40. The molecule has 0 amide bonds. The van der Waals surface area contributed by atoms with E-state index in [0.717, 1.165) is 50.3 Å². The van der Waals surface area contributed by atoms with Crippen LogP contribution in [0.2, 0.25) is 0 Å². The van der Waals surface area contributed by atoms with Crippen molar-refractivity contribution in [2.24, 2.45) is 0 Å². The van der Waals surface area contributed by atoms with Gasteiger partial charge in [0.2, 0.25) is 0 Å². The summed E-state index contributed by atoms with van der Waals surface area (Å²) in [5, 5.41) is 0. The highest BCUT2D eigenvalue weighted by Gasteiger charge is 2.50. The van der Waals surface area contributed by atoms with Crippen molar-refractivity contribution in [3.63, 3.8) is 0 Å². The van der Waals surface area contributed by atoms with Gasteiger partial charge in [-0.1, -0.05) is 12.1 Å². The van der Waals surface area contributed by atoms with Gasteiger partial charge in [0, 0.05) is 31.9 Å². The summed E-state index contributed by atoms with van der Waals surface area (Å²) in [6.45, 7) is 4.71. The molecule has 4 nitrogen and oxygen atoms in total. The second-order valence-corrected chi connectivity index (χ2v) is 6.21. The quantitative estimate of drug-likeness (QED) is 0.835. The number of carbonyl (C=O) groups is 1. The van der Waals surface area contributed by atoms with Gasteiger partial charge in [0.1, 0.15) is 0 Å². The van der Waals surface area contributed by atoms with Crippen molar-refractivity contribution in [1.29, 1.82) is 0 Å². The molecular weight excluding hydrogens is 250 g/mol. The number of likely N-dealkylation sites (N-methyl/N-ethyl adjacent to an activating group) is 1. The second kappa shape index (κ2) is 5.19. The first-order valence-electron chi connectivity index (χ1n) is 7.40. The molecule has 4 heteroatoms. The van der Waals surface area contributed by atoms with E-state index in [1.807, 2.05) is 24.3 Å². The molecule has 0 spiro atoms. The van der Waals surface area contributed by atoms with E-state index in [-0.39, 0.29) is 5.41 Å². The summed E-state index contributed by atoms with van der Waals surface area (Å²) in [7, 11) is 2.13. The average molecular weight is 273 g/mol. The monoisotopic (exact) mass is 273 g/mol. The van der Waals surface area contributed by atoms with Crippen molar-refractivity contribution in [3.8, 4) is 0 Å². The summed E-state index contributed by atoms with van der Waals surface area (Å²) in [5.41, 5.74) is 7.42. The lowest BCUT2D eigenvalue weighted by molar-refractivity contribution is -0.123. The Kier molecular flexibility index (Phi) is 3.52. The van der Waals surface area contributed by atoms with Crippen molar-refractivity contribution in [2.45, 2.75) is 18.3 Å². The first kappa shape index (κ1) is 13.6. The molecule has 1 aromatic rings. The zero-order chi connectivity index (χ0) is 14.2. The van der Waals surface area contributed by atoms with Gasteiger partial charge in [0.25, 0.3) is 0 Å². The van der Waals surface area contributed by atoms with Gasteiger partial charge in [-0.2, -0.15) is 0 Å². The SMILES string of the molecule is CN1CCN(CC(=O)C2(c3ccc(N)cc3)CC2)CC1. The van der Waals surface area contributed by atoms with Crippen LogP contribution in [0.5, 0.6) is 0 Å². The normalized spacial score (nSPS) is 22.6. The highest BCUT2D eigenvalue weighted by Crippen LogP contribution is 2.49. The molecule has 1 saturated heterocycles. The molecule has 0 aromatic heterocycles. The minimum Gasteiger partial charge on any atom is -0.399 e. The fourth-order valence-electron chi connectivity index (χ4n) is 3.02. The maximum absolute atomic E-state index is 12.7. The zero-order valence-electron chi connectivity index (χ0n) is 12.1. The topological polar surface area (TPSA) is 49.6 Å². The molecule has 1 saturated carbocycles. The molecule has 2 fully saturated rings. The van der Waals surface area contributed by atoms with E-state index in [1.54, 1.807) is 0 Å². The number of rotatable bonds is 4. The van der Waals surface area contributed by atoms with E-state index in [4.69, 9.17) is 5.73 Å². The number of nitrogen functional groups attached to an aromatic ring is 1. The fraction of sp³-hybridized carbons (Fsp3) is 0.562.